The molecule has 1 aromatic heterocycles. The highest BCUT2D eigenvalue weighted by Gasteiger charge is 2.22. The van der Waals surface area contributed by atoms with E-state index in [9.17, 15) is 0 Å². The van der Waals surface area contributed by atoms with Crippen molar-refractivity contribution in [3.63, 3.8) is 0 Å². The largest absolute Gasteiger partial charge is 0.492 e. The minimum absolute atomic E-state index is 0.158. The fourth-order valence-electron chi connectivity index (χ4n) is 2.32. The SMILES string of the molecule is CCCNC(c1cncc(OCC)c1)C(CCC)OC. The molecular weight excluding hydrogens is 252 g/mol. The summed E-state index contributed by atoms with van der Waals surface area (Å²) in [5.74, 6) is 0.819. The molecule has 4 heteroatoms. The van der Waals surface area contributed by atoms with Crippen molar-refractivity contribution >= 4 is 0 Å². The molecule has 114 valence electrons. The molecule has 0 aromatic carbocycles. The quantitative estimate of drug-likeness (QED) is 0.714. The second-order valence-electron chi connectivity index (χ2n) is 4.88. The Hall–Kier alpha value is -1.13. The molecule has 0 fully saturated rings. The third-order valence-electron chi connectivity index (χ3n) is 3.27. The van der Waals surface area contributed by atoms with Gasteiger partial charge in [0.15, 0.2) is 0 Å². The van der Waals surface area contributed by atoms with E-state index in [1.807, 2.05) is 13.1 Å². The summed E-state index contributed by atoms with van der Waals surface area (Å²) in [5, 5.41) is 3.57. The minimum Gasteiger partial charge on any atom is -0.492 e. The van der Waals surface area contributed by atoms with Crippen LogP contribution >= 0.6 is 0 Å². The van der Waals surface area contributed by atoms with Gasteiger partial charge in [0.25, 0.3) is 0 Å². The summed E-state index contributed by atoms with van der Waals surface area (Å²) in [6.45, 7) is 7.95. The Balaban J connectivity index is 2.92. The maximum Gasteiger partial charge on any atom is 0.137 e. The van der Waals surface area contributed by atoms with Crippen LogP contribution in [0.3, 0.4) is 0 Å². The van der Waals surface area contributed by atoms with Crippen LogP contribution in [0.1, 0.15) is 51.6 Å². The van der Waals surface area contributed by atoms with Gasteiger partial charge in [-0.1, -0.05) is 20.3 Å². The molecule has 1 heterocycles. The Morgan fingerprint density at radius 2 is 2.00 bits per heavy atom. The van der Waals surface area contributed by atoms with Gasteiger partial charge in [-0.2, -0.15) is 0 Å². The smallest absolute Gasteiger partial charge is 0.137 e. The predicted molar refractivity (Wildman–Crippen MR) is 82.1 cm³/mol. The third-order valence-corrected chi connectivity index (χ3v) is 3.27. The van der Waals surface area contributed by atoms with Crippen LogP contribution in [0.4, 0.5) is 0 Å². The van der Waals surface area contributed by atoms with Gasteiger partial charge in [0, 0.05) is 13.3 Å². The highest BCUT2D eigenvalue weighted by atomic mass is 16.5. The monoisotopic (exact) mass is 280 g/mol. The number of aromatic nitrogens is 1. The molecule has 2 atom stereocenters. The molecule has 0 aliphatic carbocycles. The first-order chi connectivity index (χ1) is 9.76. The van der Waals surface area contributed by atoms with Crippen molar-refractivity contribution in [2.45, 2.75) is 52.2 Å². The van der Waals surface area contributed by atoms with Crippen molar-refractivity contribution in [1.82, 2.24) is 10.3 Å². The zero-order chi connectivity index (χ0) is 14.8. The molecule has 20 heavy (non-hydrogen) atoms. The standard InChI is InChI=1S/C16H28N2O2/c1-5-8-15(19-4)16(18-9-6-2)13-10-14(20-7-3)12-17-11-13/h10-12,15-16,18H,5-9H2,1-4H3. The average molecular weight is 280 g/mol. The van der Waals surface area contributed by atoms with Crippen LogP contribution < -0.4 is 10.1 Å². The number of methoxy groups -OCH3 is 1. The highest BCUT2D eigenvalue weighted by Crippen LogP contribution is 2.24. The Morgan fingerprint density at radius 3 is 2.60 bits per heavy atom. The predicted octanol–water partition coefficient (Wildman–Crippen LogP) is 3.34. The van der Waals surface area contributed by atoms with Crippen LogP contribution in [0, 0.1) is 0 Å². The van der Waals surface area contributed by atoms with Crippen molar-refractivity contribution in [1.29, 1.82) is 0 Å². The number of hydrogen-bond acceptors (Lipinski definition) is 4. The van der Waals surface area contributed by atoms with Gasteiger partial charge in [0.2, 0.25) is 0 Å². The van der Waals surface area contributed by atoms with Gasteiger partial charge < -0.3 is 14.8 Å². The molecule has 0 aliphatic heterocycles. The summed E-state index contributed by atoms with van der Waals surface area (Å²) in [5.41, 5.74) is 1.13. The number of nitrogens with one attached hydrogen (secondary N) is 1. The summed E-state index contributed by atoms with van der Waals surface area (Å²) in [4.78, 5) is 4.29. The van der Waals surface area contributed by atoms with Crippen molar-refractivity contribution in [3.8, 4) is 5.75 Å². The molecule has 2 unspecified atom stereocenters. The van der Waals surface area contributed by atoms with E-state index < -0.39 is 0 Å². The van der Waals surface area contributed by atoms with Gasteiger partial charge in [0.1, 0.15) is 5.75 Å². The molecule has 0 saturated heterocycles. The molecule has 4 nitrogen and oxygen atoms in total. The lowest BCUT2D eigenvalue weighted by molar-refractivity contribution is 0.0604. The van der Waals surface area contributed by atoms with E-state index in [0.29, 0.717) is 6.61 Å². The second kappa shape index (κ2) is 9.72. The Labute approximate surface area is 122 Å². The lowest BCUT2D eigenvalue weighted by atomic mass is 9.99. The summed E-state index contributed by atoms with van der Waals surface area (Å²) in [6.07, 6.45) is 7.03. The average Bonchev–Trinajstić information content (AvgIpc) is 2.47. The molecule has 1 aromatic rings. The molecule has 0 spiro atoms. The number of ether oxygens (including phenoxy) is 2. The fourth-order valence-corrected chi connectivity index (χ4v) is 2.32. The van der Waals surface area contributed by atoms with Crippen LogP contribution in [-0.2, 0) is 4.74 Å². The molecule has 1 rings (SSSR count). The van der Waals surface area contributed by atoms with E-state index in [-0.39, 0.29) is 12.1 Å². The Kier molecular flexibility index (Phi) is 8.23. The van der Waals surface area contributed by atoms with Gasteiger partial charge >= 0.3 is 0 Å². The number of rotatable bonds is 10. The first kappa shape index (κ1) is 16.9. The van der Waals surface area contributed by atoms with Gasteiger partial charge in [-0.25, -0.2) is 0 Å². The van der Waals surface area contributed by atoms with E-state index in [1.165, 1.54) is 0 Å². The number of hydrogen-bond donors (Lipinski definition) is 1. The van der Waals surface area contributed by atoms with Crippen molar-refractivity contribution < 1.29 is 9.47 Å². The van der Waals surface area contributed by atoms with E-state index in [0.717, 1.165) is 37.1 Å². The van der Waals surface area contributed by atoms with Crippen molar-refractivity contribution in [2.75, 3.05) is 20.3 Å². The van der Waals surface area contributed by atoms with Gasteiger partial charge in [-0.05, 0) is 37.9 Å². The molecule has 0 amide bonds. The van der Waals surface area contributed by atoms with Gasteiger partial charge in [-0.3, -0.25) is 4.98 Å². The van der Waals surface area contributed by atoms with E-state index >= 15 is 0 Å². The van der Waals surface area contributed by atoms with Crippen LogP contribution in [0.15, 0.2) is 18.5 Å². The maximum absolute atomic E-state index is 5.67. The molecule has 1 N–H and O–H groups in total. The Morgan fingerprint density at radius 1 is 1.20 bits per heavy atom. The first-order valence-electron chi connectivity index (χ1n) is 7.60. The topological polar surface area (TPSA) is 43.4 Å². The summed E-state index contributed by atoms with van der Waals surface area (Å²) in [7, 11) is 1.78. The molecule has 0 radical (unpaired) electrons. The number of nitrogens with zero attached hydrogens (tertiary/aromatic N) is 1. The molecular formula is C16H28N2O2. The second-order valence-corrected chi connectivity index (χ2v) is 4.88. The summed E-state index contributed by atoms with van der Waals surface area (Å²) < 4.78 is 11.2. The van der Waals surface area contributed by atoms with Crippen LogP contribution in [0.25, 0.3) is 0 Å². The number of pyridine rings is 1. The summed E-state index contributed by atoms with van der Waals surface area (Å²) in [6, 6.07) is 2.22. The Bertz CT molecular complexity index is 371. The van der Waals surface area contributed by atoms with Crippen LogP contribution in [0.2, 0.25) is 0 Å². The van der Waals surface area contributed by atoms with Crippen LogP contribution in [-0.4, -0.2) is 31.3 Å². The normalized spacial score (nSPS) is 14.0. The highest BCUT2D eigenvalue weighted by molar-refractivity contribution is 5.26. The minimum atomic E-state index is 0.158. The fraction of sp³-hybridized carbons (Fsp3) is 0.688. The molecule has 0 aliphatic rings. The zero-order valence-electron chi connectivity index (χ0n) is 13.2. The summed E-state index contributed by atoms with van der Waals surface area (Å²) >= 11 is 0. The lowest BCUT2D eigenvalue weighted by Crippen LogP contribution is -2.34. The first-order valence-corrected chi connectivity index (χ1v) is 7.60. The van der Waals surface area contributed by atoms with Crippen molar-refractivity contribution in [2.24, 2.45) is 0 Å². The third kappa shape index (κ3) is 5.10. The van der Waals surface area contributed by atoms with E-state index in [1.54, 1.807) is 13.3 Å². The molecule has 0 saturated carbocycles. The van der Waals surface area contributed by atoms with Crippen molar-refractivity contribution in [3.05, 3.63) is 24.0 Å². The van der Waals surface area contributed by atoms with E-state index in [2.05, 4.69) is 30.2 Å². The van der Waals surface area contributed by atoms with E-state index in [4.69, 9.17) is 9.47 Å². The van der Waals surface area contributed by atoms with Crippen LogP contribution in [0.5, 0.6) is 5.75 Å². The maximum atomic E-state index is 5.67. The molecule has 0 bridgehead atoms. The van der Waals surface area contributed by atoms with Gasteiger partial charge in [0.05, 0.1) is 24.9 Å². The lowest BCUT2D eigenvalue weighted by Gasteiger charge is -2.27. The zero-order valence-corrected chi connectivity index (χ0v) is 13.2. The van der Waals surface area contributed by atoms with Gasteiger partial charge in [-0.15, -0.1) is 0 Å².